The van der Waals surface area contributed by atoms with Crippen molar-refractivity contribution in [1.29, 1.82) is 0 Å². The van der Waals surface area contributed by atoms with Gasteiger partial charge in [0.1, 0.15) is 5.82 Å². The van der Waals surface area contributed by atoms with Crippen LogP contribution in [0.1, 0.15) is 10.5 Å². The molecule has 1 rings (SSSR count). The second-order valence-electron chi connectivity index (χ2n) is 3.20. The van der Waals surface area contributed by atoms with Gasteiger partial charge in [-0.1, -0.05) is 0 Å². The SMILES string of the molecule is COC(=O)c1cncc(NCC(F)(F)C(F)F)n1. The third kappa shape index (κ3) is 3.54. The van der Waals surface area contributed by atoms with Crippen LogP contribution in [0.15, 0.2) is 12.4 Å². The number of aromatic nitrogens is 2. The van der Waals surface area contributed by atoms with Crippen LogP contribution in [-0.2, 0) is 4.74 Å². The van der Waals surface area contributed by atoms with Crippen molar-refractivity contribution >= 4 is 11.8 Å². The van der Waals surface area contributed by atoms with E-state index in [0.717, 1.165) is 19.5 Å². The van der Waals surface area contributed by atoms with Crippen molar-refractivity contribution in [2.24, 2.45) is 0 Å². The van der Waals surface area contributed by atoms with Crippen molar-refractivity contribution in [3.8, 4) is 0 Å². The molecule has 0 bridgehead atoms. The van der Waals surface area contributed by atoms with Crippen LogP contribution in [0.3, 0.4) is 0 Å². The third-order valence-electron chi connectivity index (χ3n) is 1.85. The lowest BCUT2D eigenvalue weighted by atomic mass is 10.3. The summed E-state index contributed by atoms with van der Waals surface area (Å²) in [7, 11) is 1.11. The number of methoxy groups -OCH3 is 1. The molecule has 100 valence electrons. The highest BCUT2D eigenvalue weighted by Gasteiger charge is 2.40. The van der Waals surface area contributed by atoms with Crippen LogP contribution in [0.5, 0.6) is 0 Å². The van der Waals surface area contributed by atoms with E-state index in [0.29, 0.717) is 0 Å². The molecule has 0 atom stereocenters. The molecular weight excluding hydrogens is 258 g/mol. The summed E-state index contributed by atoms with van der Waals surface area (Å²) in [4.78, 5) is 18.2. The average Bonchev–Trinajstić information content (AvgIpc) is 2.35. The number of halogens is 4. The van der Waals surface area contributed by atoms with Crippen molar-refractivity contribution in [2.45, 2.75) is 12.3 Å². The van der Waals surface area contributed by atoms with E-state index in [1.54, 1.807) is 0 Å². The highest BCUT2D eigenvalue weighted by atomic mass is 19.3. The molecule has 1 aromatic heterocycles. The predicted molar refractivity (Wildman–Crippen MR) is 52.8 cm³/mol. The number of carbonyl (C=O) groups is 1. The molecule has 0 amide bonds. The fourth-order valence-corrected chi connectivity index (χ4v) is 0.940. The summed E-state index contributed by atoms with van der Waals surface area (Å²) in [5.41, 5.74) is -0.220. The number of carbonyl (C=O) groups excluding carboxylic acids is 1. The molecule has 0 aliphatic heterocycles. The molecule has 9 heteroatoms. The molecule has 0 aliphatic carbocycles. The summed E-state index contributed by atoms with van der Waals surface area (Å²) < 4.78 is 53.3. The molecule has 1 aromatic rings. The lowest BCUT2D eigenvalue weighted by Crippen LogP contribution is -2.35. The van der Waals surface area contributed by atoms with Gasteiger partial charge >= 0.3 is 18.3 Å². The smallest absolute Gasteiger partial charge is 0.358 e. The Kier molecular flexibility index (Phi) is 4.40. The Hall–Kier alpha value is -1.93. The fraction of sp³-hybridized carbons (Fsp3) is 0.444. The standard InChI is InChI=1S/C9H9F4N3O2/c1-18-7(17)5-2-14-3-6(16-5)15-4-9(12,13)8(10)11/h2-3,8H,4H2,1H3,(H,15,16). The van der Waals surface area contributed by atoms with Crippen molar-refractivity contribution in [2.75, 3.05) is 19.0 Å². The summed E-state index contributed by atoms with van der Waals surface area (Å²) in [5.74, 6) is -5.23. The molecule has 0 unspecified atom stereocenters. The number of alkyl halides is 4. The topological polar surface area (TPSA) is 64.1 Å². The molecule has 0 saturated carbocycles. The molecule has 5 nitrogen and oxygen atoms in total. The van der Waals surface area contributed by atoms with Crippen LogP contribution in [-0.4, -0.2) is 41.9 Å². The number of rotatable bonds is 5. The maximum absolute atomic E-state index is 12.6. The maximum atomic E-state index is 12.6. The lowest BCUT2D eigenvalue weighted by Gasteiger charge is -2.15. The zero-order valence-electron chi connectivity index (χ0n) is 9.16. The number of nitrogens with one attached hydrogen (secondary N) is 1. The molecule has 18 heavy (non-hydrogen) atoms. The van der Waals surface area contributed by atoms with Gasteiger partial charge in [0.25, 0.3) is 0 Å². The zero-order valence-corrected chi connectivity index (χ0v) is 9.16. The van der Waals surface area contributed by atoms with Crippen LogP contribution < -0.4 is 5.32 Å². The maximum Gasteiger partial charge on any atom is 0.358 e. The van der Waals surface area contributed by atoms with Crippen molar-refractivity contribution in [3.05, 3.63) is 18.1 Å². The molecule has 1 N–H and O–H groups in total. The minimum atomic E-state index is -4.19. The van der Waals surface area contributed by atoms with Gasteiger partial charge in [-0.3, -0.25) is 4.98 Å². The molecule has 1 heterocycles. The minimum absolute atomic E-state index is 0.220. The molecule has 0 aliphatic rings. The molecule has 0 spiro atoms. The van der Waals surface area contributed by atoms with Crippen LogP contribution in [0.4, 0.5) is 23.4 Å². The lowest BCUT2D eigenvalue weighted by molar-refractivity contribution is -0.117. The van der Waals surface area contributed by atoms with E-state index in [1.165, 1.54) is 0 Å². The van der Waals surface area contributed by atoms with Gasteiger partial charge < -0.3 is 10.1 Å². The first-order valence-electron chi connectivity index (χ1n) is 4.67. The fourth-order valence-electron chi connectivity index (χ4n) is 0.940. The number of hydrogen-bond acceptors (Lipinski definition) is 5. The highest BCUT2D eigenvalue weighted by molar-refractivity contribution is 5.87. The van der Waals surface area contributed by atoms with Crippen molar-refractivity contribution < 1.29 is 27.1 Å². The van der Waals surface area contributed by atoms with Gasteiger partial charge in [0.2, 0.25) is 0 Å². The highest BCUT2D eigenvalue weighted by Crippen LogP contribution is 2.22. The quantitative estimate of drug-likeness (QED) is 0.648. The molecule has 0 fully saturated rings. The number of nitrogens with zero attached hydrogens (tertiary/aromatic N) is 2. The Bertz CT molecular complexity index is 428. The van der Waals surface area contributed by atoms with Gasteiger partial charge in [0, 0.05) is 0 Å². The Morgan fingerprint density at radius 3 is 2.72 bits per heavy atom. The van der Waals surface area contributed by atoms with E-state index < -0.39 is 24.9 Å². The Balaban J connectivity index is 2.72. The summed E-state index contributed by atoms with van der Waals surface area (Å²) in [6, 6.07) is 0. The average molecular weight is 267 g/mol. The van der Waals surface area contributed by atoms with Crippen LogP contribution in [0.25, 0.3) is 0 Å². The largest absolute Gasteiger partial charge is 0.464 e. The van der Waals surface area contributed by atoms with Gasteiger partial charge in [-0.05, 0) is 0 Å². The summed E-state index contributed by atoms with van der Waals surface area (Å²) >= 11 is 0. The van der Waals surface area contributed by atoms with E-state index >= 15 is 0 Å². The first-order chi connectivity index (χ1) is 8.36. The summed E-state index contributed by atoms with van der Waals surface area (Å²) in [6.45, 7) is -1.32. The Morgan fingerprint density at radius 1 is 1.50 bits per heavy atom. The van der Waals surface area contributed by atoms with Gasteiger partial charge in [-0.25, -0.2) is 18.6 Å². The van der Waals surface area contributed by atoms with Crippen LogP contribution in [0, 0.1) is 0 Å². The van der Waals surface area contributed by atoms with Gasteiger partial charge in [0.05, 0.1) is 26.0 Å². The second-order valence-corrected chi connectivity index (χ2v) is 3.20. The first kappa shape index (κ1) is 14.1. The molecule has 0 aromatic carbocycles. The predicted octanol–water partition coefficient (Wildman–Crippen LogP) is 1.58. The number of hydrogen-bond donors (Lipinski definition) is 1. The number of anilines is 1. The van der Waals surface area contributed by atoms with Crippen LogP contribution in [0.2, 0.25) is 0 Å². The number of ether oxygens (including phenoxy) is 1. The molecule has 0 radical (unpaired) electrons. The van der Waals surface area contributed by atoms with Crippen molar-refractivity contribution in [3.63, 3.8) is 0 Å². The van der Waals surface area contributed by atoms with E-state index in [2.05, 4.69) is 14.7 Å². The Morgan fingerprint density at radius 2 is 2.17 bits per heavy atom. The van der Waals surface area contributed by atoms with Crippen molar-refractivity contribution in [1.82, 2.24) is 9.97 Å². The van der Waals surface area contributed by atoms with E-state index in [4.69, 9.17) is 0 Å². The first-order valence-corrected chi connectivity index (χ1v) is 4.67. The zero-order chi connectivity index (χ0) is 13.8. The molecular formula is C9H9F4N3O2. The minimum Gasteiger partial charge on any atom is -0.464 e. The number of esters is 1. The summed E-state index contributed by atoms with van der Waals surface area (Å²) in [6.07, 6.45) is -1.71. The summed E-state index contributed by atoms with van der Waals surface area (Å²) in [5, 5.41) is 1.97. The van der Waals surface area contributed by atoms with Crippen LogP contribution >= 0.6 is 0 Å². The normalized spacial score (nSPS) is 11.4. The van der Waals surface area contributed by atoms with Gasteiger partial charge in [-0.15, -0.1) is 0 Å². The molecule has 0 saturated heterocycles. The van der Waals surface area contributed by atoms with Gasteiger partial charge in [-0.2, -0.15) is 8.78 Å². The van der Waals surface area contributed by atoms with E-state index in [9.17, 15) is 22.4 Å². The monoisotopic (exact) mass is 267 g/mol. The third-order valence-corrected chi connectivity index (χ3v) is 1.85. The van der Waals surface area contributed by atoms with Gasteiger partial charge in [0.15, 0.2) is 5.69 Å². The van der Waals surface area contributed by atoms with E-state index in [-0.39, 0.29) is 11.5 Å². The second kappa shape index (κ2) is 5.61. The van der Waals surface area contributed by atoms with E-state index in [1.807, 2.05) is 5.32 Å². The Labute approximate surface area is 99.2 Å².